The molecule has 1 aromatic carbocycles. The number of halogens is 4. The Kier molecular flexibility index (Phi) is 7.33. The van der Waals surface area contributed by atoms with Crippen LogP contribution in [0.15, 0.2) is 44.0 Å². The molecule has 0 saturated carbocycles. The van der Waals surface area contributed by atoms with Gasteiger partial charge in [-0.1, -0.05) is 17.0 Å². The Morgan fingerprint density at radius 1 is 1.29 bits per heavy atom. The van der Waals surface area contributed by atoms with E-state index in [2.05, 4.69) is 37.9 Å². The highest BCUT2D eigenvalue weighted by molar-refractivity contribution is 9.10. The first kappa shape index (κ1) is 21.6. The van der Waals surface area contributed by atoms with Crippen molar-refractivity contribution in [1.82, 2.24) is 10.1 Å². The monoisotopic (exact) mass is 473 g/mol. The van der Waals surface area contributed by atoms with Crippen LogP contribution >= 0.6 is 27.3 Å². The van der Waals surface area contributed by atoms with Gasteiger partial charge in [0.15, 0.2) is 0 Å². The highest BCUT2D eigenvalue weighted by Gasteiger charge is 2.38. The van der Waals surface area contributed by atoms with Crippen LogP contribution in [0.3, 0.4) is 0 Å². The number of carboxylic acid groups (broad SMARTS) is 1. The van der Waals surface area contributed by atoms with E-state index >= 15 is 0 Å². The van der Waals surface area contributed by atoms with Crippen molar-refractivity contribution in [1.29, 1.82) is 0 Å². The summed E-state index contributed by atoms with van der Waals surface area (Å²) in [6.45, 7) is 0.351. The van der Waals surface area contributed by atoms with Crippen molar-refractivity contribution in [3.63, 3.8) is 0 Å². The van der Waals surface area contributed by atoms with Gasteiger partial charge in [0.1, 0.15) is 0 Å². The molecule has 11 heteroatoms. The zero-order valence-electron chi connectivity index (χ0n) is 13.8. The van der Waals surface area contributed by atoms with E-state index in [4.69, 9.17) is 20.2 Å². The molecule has 0 bridgehead atoms. The Morgan fingerprint density at radius 3 is 2.43 bits per heavy atom. The van der Waals surface area contributed by atoms with Crippen LogP contribution in [0.2, 0.25) is 0 Å². The molecule has 0 atom stereocenters. The van der Waals surface area contributed by atoms with Gasteiger partial charge in [-0.2, -0.15) is 29.5 Å². The second-order valence-corrected chi connectivity index (χ2v) is 6.54. The Labute approximate surface area is 169 Å². The third-order valence-electron chi connectivity index (χ3n) is 2.99. The number of hydrogen-bond acceptors (Lipinski definition) is 6. The number of carbonyl (C=O) groups is 1. The molecule has 0 amide bonds. The van der Waals surface area contributed by atoms with E-state index in [1.54, 1.807) is 11.3 Å². The summed E-state index contributed by atoms with van der Waals surface area (Å²) in [6.07, 6.45) is -5.08. The normalized spacial score (nSPS) is 10.5. The van der Waals surface area contributed by atoms with E-state index < -0.39 is 12.1 Å². The number of nitrogens with zero attached hydrogens (tertiary/aromatic N) is 2. The van der Waals surface area contributed by atoms with E-state index in [1.165, 1.54) is 0 Å². The summed E-state index contributed by atoms with van der Waals surface area (Å²) in [4.78, 5) is 13.3. The number of alkyl halides is 3. The molecule has 6 nitrogen and oxygen atoms in total. The predicted molar refractivity (Wildman–Crippen MR) is 100 cm³/mol. The van der Waals surface area contributed by atoms with Crippen molar-refractivity contribution in [2.75, 3.05) is 6.54 Å². The summed E-state index contributed by atoms with van der Waals surface area (Å²) >= 11 is 5.05. The molecule has 0 spiro atoms. The first-order chi connectivity index (χ1) is 13.2. The SMILES string of the molecule is NCC#Cc1ccc(-c2nc(-c3cscc3Br)no2)cc1.O=C(O)C(F)(F)F. The van der Waals surface area contributed by atoms with Gasteiger partial charge >= 0.3 is 12.1 Å². The first-order valence-corrected chi connectivity index (χ1v) is 9.11. The minimum Gasteiger partial charge on any atom is -0.475 e. The third kappa shape index (κ3) is 5.91. The molecule has 0 aliphatic carbocycles. The predicted octanol–water partition coefficient (Wildman–Crippen LogP) is 4.17. The summed E-state index contributed by atoms with van der Waals surface area (Å²) in [6, 6.07) is 7.62. The standard InChI is InChI=1S/C15H10BrN3OS.C2HF3O2/c16-13-9-21-8-12(13)14-18-15(20-19-14)11-5-3-10(4-6-11)2-1-7-17;3-2(4,5)1(6)7/h3-6,8-9H,7,17H2;(H,6,7). The van der Waals surface area contributed by atoms with Gasteiger partial charge in [0.25, 0.3) is 5.89 Å². The summed E-state index contributed by atoms with van der Waals surface area (Å²) in [5, 5.41) is 15.1. The fourth-order valence-corrected chi connectivity index (χ4v) is 3.19. The minimum atomic E-state index is -5.08. The van der Waals surface area contributed by atoms with Crippen molar-refractivity contribution >= 4 is 33.2 Å². The molecule has 146 valence electrons. The number of benzene rings is 1. The fraction of sp³-hybridized carbons (Fsp3) is 0.118. The molecule has 3 N–H and O–H groups in total. The average molecular weight is 474 g/mol. The van der Waals surface area contributed by atoms with E-state index in [0.717, 1.165) is 21.2 Å². The van der Waals surface area contributed by atoms with Crippen molar-refractivity contribution in [2.24, 2.45) is 5.73 Å². The van der Waals surface area contributed by atoms with Crippen LogP contribution in [0, 0.1) is 11.8 Å². The highest BCUT2D eigenvalue weighted by Crippen LogP contribution is 2.31. The van der Waals surface area contributed by atoms with Crippen molar-refractivity contribution in [2.45, 2.75) is 6.18 Å². The fourth-order valence-electron chi connectivity index (χ4n) is 1.74. The Balaban J connectivity index is 0.000000345. The maximum Gasteiger partial charge on any atom is 0.490 e. The molecular formula is C17H11BrF3N3O3S. The van der Waals surface area contributed by atoms with E-state index in [1.807, 2.05) is 35.0 Å². The quantitative estimate of drug-likeness (QED) is 0.541. The van der Waals surface area contributed by atoms with Crippen LogP contribution in [0.5, 0.6) is 0 Å². The summed E-state index contributed by atoms with van der Waals surface area (Å²) in [5.41, 5.74) is 8.05. The van der Waals surface area contributed by atoms with Crippen molar-refractivity contribution < 1.29 is 27.6 Å². The molecule has 0 saturated heterocycles. The maximum absolute atomic E-state index is 10.6. The lowest BCUT2D eigenvalue weighted by atomic mass is 10.1. The lowest BCUT2D eigenvalue weighted by Crippen LogP contribution is -2.21. The van der Waals surface area contributed by atoms with Crippen LogP contribution in [0.4, 0.5) is 13.2 Å². The average Bonchev–Trinajstić information content (AvgIpc) is 3.29. The number of thiophene rings is 1. The van der Waals surface area contributed by atoms with Gasteiger partial charge in [-0.25, -0.2) is 4.79 Å². The number of carboxylic acids is 1. The van der Waals surface area contributed by atoms with E-state index in [-0.39, 0.29) is 0 Å². The topological polar surface area (TPSA) is 102 Å². The first-order valence-electron chi connectivity index (χ1n) is 7.37. The van der Waals surface area contributed by atoms with Crippen LogP contribution in [0.1, 0.15) is 5.56 Å². The summed E-state index contributed by atoms with van der Waals surface area (Å²) in [7, 11) is 0. The molecule has 3 rings (SSSR count). The number of aromatic nitrogens is 2. The molecule has 0 aliphatic heterocycles. The maximum atomic E-state index is 10.6. The Hall–Kier alpha value is -2.68. The van der Waals surface area contributed by atoms with Gasteiger partial charge in [0.05, 0.1) is 6.54 Å². The molecule has 2 heterocycles. The molecule has 2 aromatic heterocycles. The van der Waals surface area contributed by atoms with Gasteiger partial charge < -0.3 is 15.4 Å². The molecule has 3 aromatic rings. The second kappa shape index (κ2) is 9.50. The molecule has 0 radical (unpaired) electrons. The Bertz CT molecular complexity index is 1000. The van der Waals surface area contributed by atoms with Crippen LogP contribution in [-0.4, -0.2) is 33.9 Å². The molecule has 0 fully saturated rings. The van der Waals surface area contributed by atoms with Crippen molar-refractivity contribution in [3.8, 4) is 34.7 Å². The highest BCUT2D eigenvalue weighted by atomic mass is 79.9. The Morgan fingerprint density at radius 2 is 1.93 bits per heavy atom. The third-order valence-corrected chi connectivity index (χ3v) is 4.69. The van der Waals surface area contributed by atoms with Gasteiger partial charge in [-0.15, -0.1) is 0 Å². The number of aliphatic carboxylic acids is 1. The van der Waals surface area contributed by atoms with Gasteiger partial charge in [0, 0.05) is 31.9 Å². The second-order valence-electron chi connectivity index (χ2n) is 4.94. The zero-order valence-corrected chi connectivity index (χ0v) is 16.2. The largest absolute Gasteiger partial charge is 0.490 e. The lowest BCUT2D eigenvalue weighted by molar-refractivity contribution is -0.192. The van der Waals surface area contributed by atoms with E-state index in [9.17, 15) is 13.2 Å². The summed E-state index contributed by atoms with van der Waals surface area (Å²) < 4.78 is 38.0. The molecule has 28 heavy (non-hydrogen) atoms. The zero-order chi connectivity index (χ0) is 20.7. The number of rotatable bonds is 2. The van der Waals surface area contributed by atoms with Crippen LogP contribution < -0.4 is 5.73 Å². The van der Waals surface area contributed by atoms with Gasteiger partial charge in [0.2, 0.25) is 5.82 Å². The van der Waals surface area contributed by atoms with Crippen LogP contribution in [-0.2, 0) is 4.79 Å². The van der Waals surface area contributed by atoms with Gasteiger partial charge in [-0.3, -0.25) is 0 Å². The van der Waals surface area contributed by atoms with Gasteiger partial charge in [-0.05, 0) is 40.2 Å². The minimum absolute atomic E-state index is 0.351. The summed E-state index contributed by atoms with van der Waals surface area (Å²) in [5.74, 6) is 4.09. The lowest BCUT2D eigenvalue weighted by Gasteiger charge is -1.94. The smallest absolute Gasteiger partial charge is 0.475 e. The molecular weight excluding hydrogens is 463 g/mol. The molecule has 0 unspecified atom stereocenters. The van der Waals surface area contributed by atoms with E-state index in [0.29, 0.717) is 18.3 Å². The van der Waals surface area contributed by atoms with Crippen molar-refractivity contribution in [3.05, 3.63) is 45.1 Å². The molecule has 0 aliphatic rings. The van der Waals surface area contributed by atoms with Crippen LogP contribution in [0.25, 0.3) is 22.8 Å². The number of nitrogens with two attached hydrogens (primary N) is 1. The number of hydrogen-bond donors (Lipinski definition) is 2.